The molecule has 1 atom stereocenters. The summed E-state index contributed by atoms with van der Waals surface area (Å²) in [7, 11) is 0. The summed E-state index contributed by atoms with van der Waals surface area (Å²) in [5.41, 5.74) is 0.642. The minimum absolute atomic E-state index is 0.0224. The Morgan fingerprint density at radius 3 is 2.96 bits per heavy atom. The topological polar surface area (TPSA) is 58.6 Å². The van der Waals surface area contributed by atoms with Crippen molar-refractivity contribution in [2.24, 2.45) is 5.92 Å². The normalized spacial score (nSPS) is 17.9. The summed E-state index contributed by atoms with van der Waals surface area (Å²) in [6.45, 7) is 8.34. The Morgan fingerprint density at radius 1 is 1.36 bits per heavy atom. The molecule has 0 saturated carbocycles. The highest BCUT2D eigenvalue weighted by atomic mass is 16.5. The van der Waals surface area contributed by atoms with E-state index in [1.807, 2.05) is 12.1 Å². The molecule has 1 aromatic carbocycles. The lowest BCUT2D eigenvalue weighted by Gasteiger charge is -2.31. The van der Waals surface area contributed by atoms with Gasteiger partial charge in [0.25, 0.3) is 0 Å². The second-order valence-electron chi connectivity index (χ2n) is 6.74. The van der Waals surface area contributed by atoms with Gasteiger partial charge in [0.05, 0.1) is 6.61 Å². The van der Waals surface area contributed by atoms with Crippen molar-refractivity contribution in [2.75, 3.05) is 32.8 Å². The van der Waals surface area contributed by atoms with E-state index in [0.29, 0.717) is 36.7 Å². The standard InChI is InChI=1S/C20H30N2O3/c1-3-22-11-5-7-17(15-22)14-21-20(24)10-6-12-25-19-9-4-8-18(13-19)16(2)23/h4,8-9,13,17H,3,5-7,10-12,14-15H2,1-2H3,(H,21,24)/t17-/m1/s1. The van der Waals surface area contributed by atoms with Crippen LogP contribution >= 0.6 is 0 Å². The van der Waals surface area contributed by atoms with E-state index in [1.54, 1.807) is 12.1 Å². The first-order valence-electron chi connectivity index (χ1n) is 9.31. The van der Waals surface area contributed by atoms with E-state index in [1.165, 1.54) is 26.3 Å². The minimum atomic E-state index is 0.0224. The first-order valence-corrected chi connectivity index (χ1v) is 9.31. The fourth-order valence-electron chi connectivity index (χ4n) is 3.18. The van der Waals surface area contributed by atoms with Crippen molar-refractivity contribution < 1.29 is 14.3 Å². The summed E-state index contributed by atoms with van der Waals surface area (Å²) in [6, 6.07) is 7.15. The summed E-state index contributed by atoms with van der Waals surface area (Å²) < 4.78 is 5.63. The maximum Gasteiger partial charge on any atom is 0.220 e. The van der Waals surface area contributed by atoms with Crippen molar-refractivity contribution in [2.45, 2.75) is 39.5 Å². The van der Waals surface area contributed by atoms with Gasteiger partial charge in [-0.2, -0.15) is 0 Å². The van der Waals surface area contributed by atoms with Gasteiger partial charge in [-0.3, -0.25) is 9.59 Å². The minimum Gasteiger partial charge on any atom is -0.494 e. The number of likely N-dealkylation sites (tertiary alicyclic amines) is 1. The number of rotatable bonds is 9. The van der Waals surface area contributed by atoms with Gasteiger partial charge < -0.3 is 15.0 Å². The molecular weight excluding hydrogens is 316 g/mol. The predicted molar refractivity (Wildman–Crippen MR) is 99.0 cm³/mol. The summed E-state index contributed by atoms with van der Waals surface area (Å²) in [5, 5.41) is 3.05. The summed E-state index contributed by atoms with van der Waals surface area (Å²) in [4.78, 5) is 25.8. The Bertz CT molecular complexity index is 574. The fraction of sp³-hybridized carbons (Fsp3) is 0.600. The van der Waals surface area contributed by atoms with Crippen molar-refractivity contribution >= 4 is 11.7 Å². The van der Waals surface area contributed by atoms with Crippen LogP contribution in [0, 0.1) is 5.92 Å². The van der Waals surface area contributed by atoms with Gasteiger partial charge >= 0.3 is 0 Å². The van der Waals surface area contributed by atoms with Crippen LogP contribution in [0.25, 0.3) is 0 Å². The van der Waals surface area contributed by atoms with Crippen molar-refractivity contribution in [3.8, 4) is 5.75 Å². The molecule has 25 heavy (non-hydrogen) atoms. The van der Waals surface area contributed by atoms with Crippen LogP contribution in [0.1, 0.15) is 49.9 Å². The third kappa shape index (κ3) is 6.86. The number of piperidine rings is 1. The molecule has 0 unspecified atom stereocenters. The molecule has 1 aromatic rings. The second-order valence-corrected chi connectivity index (χ2v) is 6.74. The lowest BCUT2D eigenvalue weighted by Crippen LogP contribution is -2.40. The molecule has 0 aliphatic carbocycles. The van der Waals surface area contributed by atoms with Crippen molar-refractivity contribution in [1.82, 2.24) is 10.2 Å². The van der Waals surface area contributed by atoms with Gasteiger partial charge in [-0.1, -0.05) is 19.1 Å². The molecule has 1 heterocycles. The molecule has 0 aromatic heterocycles. The molecule has 0 spiro atoms. The molecule has 0 bridgehead atoms. The third-order valence-corrected chi connectivity index (χ3v) is 4.70. The second kappa shape index (κ2) is 10.2. The zero-order valence-electron chi connectivity index (χ0n) is 15.4. The van der Waals surface area contributed by atoms with E-state index in [0.717, 1.165) is 19.6 Å². The van der Waals surface area contributed by atoms with Gasteiger partial charge in [0, 0.05) is 25.1 Å². The molecule has 5 heteroatoms. The average Bonchev–Trinajstić information content (AvgIpc) is 2.64. The van der Waals surface area contributed by atoms with E-state index in [4.69, 9.17) is 4.74 Å². The zero-order valence-corrected chi connectivity index (χ0v) is 15.4. The Morgan fingerprint density at radius 2 is 2.20 bits per heavy atom. The molecule has 2 rings (SSSR count). The molecule has 0 radical (unpaired) electrons. The number of nitrogens with one attached hydrogen (secondary N) is 1. The largest absolute Gasteiger partial charge is 0.494 e. The SMILES string of the molecule is CCN1CCC[C@H](CNC(=O)CCCOc2cccc(C(C)=O)c2)C1. The molecule has 1 fully saturated rings. The summed E-state index contributed by atoms with van der Waals surface area (Å²) in [5.74, 6) is 1.36. The van der Waals surface area contributed by atoms with Crippen LogP contribution in [-0.4, -0.2) is 49.4 Å². The number of hydrogen-bond donors (Lipinski definition) is 1. The number of hydrogen-bond acceptors (Lipinski definition) is 4. The number of benzene rings is 1. The molecular formula is C20H30N2O3. The van der Waals surface area contributed by atoms with E-state index < -0.39 is 0 Å². The Balaban J connectivity index is 1.61. The highest BCUT2D eigenvalue weighted by Crippen LogP contribution is 2.16. The Labute approximate surface area is 150 Å². The monoisotopic (exact) mass is 346 g/mol. The molecule has 1 aliphatic heterocycles. The van der Waals surface area contributed by atoms with E-state index in [-0.39, 0.29) is 11.7 Å². The van der Waals surface area contributed by atoms with Crippen LogP contribution in [0.15, 0.2) is 24.3 Å². The molecule has 1 amide bonds. The van der Waals surface area contributed by atoms with Crippen molar-refractivity contribution in [3.63, 3.8) is 0 Å². The number of carbonyl (C=O) groups is 2. The van der Waals surface area contributed by atoms with Crippen molar-refractivity contribution in [1.29, 1.82) is 0 Å². The van der Waals surface area contributed by atoms with E-state index >= 15 is 0 Å². The van der Waals surface area contributed by atoms with E-state index in [2.05, 4.69) is 17.1 Å². The maximum absolute atomic E-state index is 12.0. The lowest BCUT2D eigenvalue weighted by molar-refractivity contribution is -0.121. The number of ketones is 1. The fourth-order valence-corrected chi connectivity index (χ4v) is 3.18. The molecule has 1 N–H and O–H groups in total. The summed E-state index contributed by atoms with van der Waals surface area (Å²) in [6.07, 6.45) is 3.56. The zero-order chi connectivity index (χ0) is 18.1. The molecule has 138 valence electrons. The van der Waals surface area contributed by atoms with Gasteiger partial charge in [-0.25, -0.2) is 0 Å². The number of carbonyl (C=O) groups excluding carboxylic acids is 2. The first-order chi connectivity index (χ1) is 12.1. The molecule has 1 saturated heterocycles. The van der Waals surface area contributed by atoms with Gasteiger partial charge in [0.15, 0.2) is 5.78 Å². The predicted octanol–water partition coefficient (Wildman–Crippen LogP) is 2.90. The molecule has 5 nitrogen and oxygen atoms in total. The highest BCUT2D eigenvalue weighted by molar-refractivity contribution is 5.94. The van der Waals surface area contributed by atoms with Crippen LogP contribution in [0.5, 0.6) is 5.75 Å². The van der Waals surface area contributed by atoms with Crippen LogP contribution in [0.2, 0.25) is 0 Å². The Hall–Kier alpha value is -1.88. The number of Topliss-reactive ketones (excluding diaryl/α,β-unsaturated/α-hetero) is 1. The van der Waals surface area contributed by atoms with Crippen LogP contribution in [0.3, 0.4) is 0 Å². The number of nitrogens with zero attached hydrogens (tertiary/aromatic N) is 1. The van der Waals surface area contributed by atoms with Crippen LogP contribution < -0.4 is 10.1 Å². The highest BCUT2D eigenvalue weighted by Gasteiger charge is 2.18. The van der Waals surface area contributed by atoms with E-state index in [9.17, 15) is 9.59 Å². The quantitative estimate of drug-likeness (QED) is 0.552. The summed E-state index contributed by atoms with van der Waals surface area (Å²) >= 11 is 0. The molecule has 1 aliphatic rings. The van der Waals surface area contributed by atoms with Crippen LogP contribution in [-0.2, 0) is 4.79 Å². The Kier molecular flexibility index (Phi) is 7.92. The number of ether oxygens (including phenoxy) is 1. The van der Waals surface area contributed by atoms with Gasteiger partial charge in [-0.05, 0) is 57.3 Å². The van der Waals surface area contributed by atoms with Crippen LogP contribution in [0.4, 0.5) is 0 Å². The average molecular weight is 346 g/mol. The number of amides is 1. The van der Waals surface area contributed by atoms with Gasteiger partial charge in [0.2, 0.25) is 5.91 Å². The van der Waals surface area contributed by atoms with Gasteiger partial charge in [0.1, 0.15) is 5.75 Å². The maximum atomic E-state index is 12.0. The third-order valence-electron chi connectivity index (χ3n) is 4.70. The smallest absolute Gasteiger partial charge is 0.220 e. The first kappa shape index (κ1) is 19.4. The lowest BCUT2D eigenvalue weighted by atomic mass is 9.98. The van der Waals surface area contributed by atoms with Gasteiger partial charge in [-0.15, -0.1) is 0 Å². The van der Waals surface area contributed by atoms with Crippen molar-refractivity contribution in [3.05, 3.63) is 29.8 Å².